The van der Waals surface area contributed by atoms with Gasteiger partial charge < -0.3 is 14.0 Å². The summed E-state index contributed by atoms with van der Waals surface area (Å²) >= 11 is -2.11. The van der Waals surface area contributed by atoms with Crippen LogP contribution in [0.15, 0.2) is 35.5 Å². The van der Waals surface area contributed by atoms with Crippen LogP contribution in [0, 0.1) is 6.85 Å². The highest BCUT2D eigenvalue weighted by Crippen LogP contribution is 2.23. The van der Waals surface area contributed by atoms with Crippen molar-refractivity contribution in [3.8, 4) is 11.5 Å². The molecule has 3 rings (SSSR count). The second kappa shape index (κ2) is 6.47. The number of aromatic nitrogens is 3. The summed E-state index contributed by atoms with van der Waals surface area (Å²) in [5.41, 5.74) is -1.36. The topological polar surface area (TPSA) is 83.1 Å². The van der Waals surface area contributed by atoms with Crippen molar-refractivity contribution in [3.63, 3.8) is 0 Å². The monoisotopic (exact) mass is 342 g/mol. The Morgan fingerprint density at radius 2 is 2.30 bits per heavy atom. The van der Waals surface area contributed by atoms with Crippen LogP contribution >= 0.6 is 0 Å². The van der Waals surface area contributed by atoms with Crippen LogP contribution in [-0.2, 0) is 16.9 Å². The van der Waals surface area contributed by atoms with Crippen LogP contribution in [0.25, 0.3) is 11.0 Å². The van der Waals surface area contributed by atoms with Crippen LogP contribution in [0.1, 0.15) is 26.3 Å². The third-order valence-electron chi connectivity index (χ3n) is 2.79. The van der Waals surface area contributed by atoms with Crippen molar-refractivity contribution in [2.75, 3.05) is 14.1 Å². The molecule has 0 bridgehead atoms. The second-order valence-electron chi connectivity index (χ2n) is 4.27. The number of nitrogens with zero attached hydrogens (tertiary/aromatic N) is 2. The largest absolute Gasteiger partial charge is 0.609 e. The average Bonchev–Trinajstić information content (AvgIpc) is 3.14. The van der Waals surface area contributed by atoms with Crippen molar-refractivity contribution in [1.82, 2.24) is 15.0 Å². The summed E-state index contributed by atoms with van der Waals surface area (Å²) in [6.07, 6.45) is -0.864. The van der Waals surface area contributed by atoms with Crippen molar-refractivity contribution >= 4 is 22.2 Å². The molecule has 0 radical (unpaired) electrons. The number of aromatic amines is 1. The van der Waals surface area contributed by atoms with E-state index in [-0.39, 0.29) is 45.8 Å². The lowest BCUT2D eigenvalue weighted by Gasteiger charge is -2.09. The third-order valence-corrected chi connectivity index (χ3v) is 3.95. The first-order valence-electron chi connectivity index (χ1n) is 11.7. The summed E-state index contributed by atoms with van der Waals surface area (Å²) in [6.45, 7) is -3.00. The van der Waals surface area contributed by atoms with Gasteiger partial charge in [-0.2, -0.15) is 4.98 Å². The van der Waals surface area contributed by atoms with Crippen molar-refractivity contribution in [1.29, 1.82) is 0 Å². The molecule has 1 aromatic carbocycles. The molecule has 0 aliphatic rings. The Kier molecular flexibility index (Phi) is 2.00. The summed E-state index contributed by atoms with van der Waals surface area (Å²) in [5, 5.41) is -0.240. The standard InChI is InChI=1S/C16H17N3O3S/c1-10-8-17-11(6-15(10)22-3)9-23(20)16-18-13-5-4-12(21-2)7-14(13)19-16/h4-8H,9H2,1-3H3,(H,18,19)/i1D3,3D3,4D,5D,6D,7D,8D. The Labute approximate surface area is 152 Å². The highest BCUT2D eigenvalue weighted by Gasteiger charge is 2.19. The van der Waals surface area contributed by atoms with E-state index in [4.69, 9.17) is 24.6 Å². The lowest BCUT2D eigenvalue weighted by molar-refractivity contribution is 0.410. The molecular weight excluding hydrogens is 314 g/mol. The molecule has 120 valence electrons. The minimum Gasteiger partial charge on any atom is -0.609 e. The molecule has 1 unspecified atom stereocenters. The van der Waals surface area contributed by atoms with Gasteiger partial charge in [-0.05, 0) is 18.9 Å². The number of hydrogen-bond donors (Lipinski definition) is 1. The van der Waals surface area contributed by atoms with E-state index >= 15 is 0 Å². The van der Waals surface area contributed by atoms with Gasteiger partial charge in [0.05, 0.1) is 41.8 Å². The average molecular weight is 342 g/mol. The van der Waals surface area contributed by atoms with Crippen LogP contribution in [0.2, 0.25) is 0 Å². The summed E-state index contributed by atoms with van der Waals surface area (Å²) in [5.74, 6) is -1.66. The highest BCUT2D eigenvalue weighted by atomic mass is 32.2. The van der Waals surface area contributed by atoms with Crippen LogP contribution in [0.4, 0.5) is 0 Å². The number of ether oxygens (including phenoxy) is 2. The Morgan fingerprint density at radius 3 is 3.09 bits per heavy atom. The number of rotatable bonds is 5. The molecule has 6 nitrogen and oxygen atoms in total. The Morgan fingerprint density at radius 1 is 1.39 bits per heavy atom. The quantitative estimate of drug-likeness (QED) is 0.721. The second-order valence-corrected chi connectivity index (χ2v) is 5.63. The zero-order chi connectivity index (χ0) is 25.7. The van der Waals surface area contributed by atoms with Crippen molar-refractivity contribution in [3.05, 3.63) is 41.6 Å². The molecule has 23 heavy (non-hydrogen) atoms. The number of nitrogens with one attached hydrogen (secondary N) is 1. The SMILES string of the molecule is [2H]c1nc(C[S+]([O-])c2nc3c([2H])c([2H])c(OC)c([2H])c3[nH]2)c([2H])c(OC([2H])([2H])[2H])c1C([2H])([2H])[2H]. The molecule has 0 aliphatic carbocycles. The number of fused-ring (bicyclic) bond motifs is 1. The molecule has 1 N–H and O–H groups in total. The van der Waals surface area contributed by atoms with E-state index in [2.05, 4.69) is 15.0 Å². The molecule has 3 aromatic rings. The molecule has 7 heteroatoms. The summed E-state index contributed by atoms with van der Waals surface area (Å²) in [4.78, 5) is 10.4. The van der Waals surface area contributed by atoms with Gasteiger partial charge in [-0.15, -0.1) is 0 Å². The van der Waals surface area contributed by atoms with Gasteiger partial charge in [0.1, 0.15) is 11.5 Å². The molecule has 0 spiro atoms. The van der Waals surface area contributed by atoms with Gasteiger partial charge in [0.15, 0.2) is 5.75 Å². The number of methoxy groups -OCH3 is 2. The lowest BCUT2D eigenvalue weighted by Crippen LogP contribution is -2.08. The summed E-state index contributed by atoms with van der Waals surface area (Å²) in [7, 11) is -1.89. The number of hydrogen-bond acceptors (Lipinski definition) is 5. The fourth-order valence-electron chi connectivity index (χ4n) is 1.74. The first kappa shape index (κ1) is 7.11. The smallest absolute Gasteiger partial charge is 0.322 e. The Balaban J connectivity index is 2.08. The van der Waals surface area contributed by atoms with Gasteiger partial charge in [0, 0.05) is 39.1 Å². The maximum atomic E-state index is 13.0. The van der Waals surface area contributed by atoms with Crippen LogP contribution < -0.4 is 9.47 Å². The van der Waals surface area contributed by atoms with Crippen molar-refractivity contribution in [2.24, 2.45) is 0 Å². The van der Waals surface area contributed by atoms with Crippen LogP contribution in [0.3, 0.4) is 0 Å². The highest BCUT2D eigenvalue weighted by molar-refractivity contribution is 7.90. The third kappa shape index (κ3) is 3.25. The van der Waals surface area contributed by atoms with E-state index in [1.807, 2.05) is 0 Å². The van der Waals surface area contributed by atoms with Gasteiger partial charge in [0.2, 0.25) is 0 Å². The molecule has 0 saturated carbocycles. The van der Waals surface area contributed by atoms with E-state index in [0.29, 0.717) is 0 Å². The van der Waals surface area contributed by atoms with Gasteiger partial charge in [-0.1, -0.05) is 0 Å². The first-order chi connectivity index (χ1) is 15.6. The number of benzene rings is 1. The molecular formula is C16H17N3O3S. The van der Waals surface area contributed by atoms with Crippen molar-refractivity contribution in [2.45, 2.75) is 17.8 Å². The van der Waals surface area contributed by atoms with E-state index in [9.17, 15) is 4.55 Å². The lowest BCUT2D eigenvalue weighted by atomic mass is 10.2. The molecule has 2 heterocycles. The first-order valence-corrected chi connectivity index (χ1v) is 7.50. The maximum Gasteiger partial charge on any atom is 0.322 e. The number of pyridine rings is 1. The van der Waals surface area contributed by atoms with E-state index < -0.39 is 54.3 Å². The van der Waals surface area contributed by atoms with Gasteiger partial charge >= 0.3 is 5.16 Å². The van der Waals surface area contributed by atoms with Crippen molar-refractivity contribution < 1.29 is 29.1 Å². The zero-order valence-electron chi connectivity index (χ0n) is 22.7. The Hall–Kier alpha value is -2.25. The van der Waals surface area contributed by atoms with Crippen LogP contribution in [-0.4, -0.2) is 33.7 Å². The fourth-order valence-corrected chi connectivity index (χ4v) is 2.67. The molecule has 1 atom stereocenters. The van der Waals surface area contributed by atoms with Gasteiger partial charge in [0.25, 0.3) is 0 Å². The van der Waals surface area contributed by atoms with Gasteiger partial charge in [-0.25, -0.2) is 0 Å². The normalized spacial score (nSPS) is 20.3. The fraction of sp³-hybridized carbons (Fsp3) is 0.250. The number of imidazole rings is 1. The minimum atomic E-state index is -3.12. The van der Waals surface area contributed by atoms with Gasteiger partial charge in [-0.3, -0.25) is 9.97 Å². The predicted molar refractivity (Wildman–Crippen MR) is 88.3 cm³/mol. The number of H-pyrrole nitrogens is 1. The molecule has 2 aromatic heterocycles. The Bertz CT molecular complexity index is 1260. The summed E-state index contributed by atoms with van der Waals surface area (Å²) in [6, 6.07) is -1.80. The molecule has 0 aliphatic heterocycles. The summed E-state index contributed by atoms with van der Waals surface area (Å²) < 4.78 is 107. The molecule has 0 amide bonds. The van der Waals surface area contributed by atoms with E-state index in [0.717, 1.165) is 0 Å². The maximum absolute atomic E-state index is 13.0. The van der Waals surface area contributed by atoms with E-state index in [1.165, 1.54) is 7.11 Å². The van der Waals surface area contributed by atoms with E-state index in [1.54, 1.807) is 0 Å². The zero-order valence-corrected chi connectivity index (χ0v) is 12.6. The predicted octanol–water partition coefficient (Wildman–Crippen LogP) is 2.59. The minimum absolute atomic E-state index is 0.00869. The molecule has 0 saturated heterocycles. The molecule has 0 fully saturated rings. The van der Waals surface area contributed by atoms with Crippen LogP contribution in [0.5, 0.6) is 11.5 Å².